The molecule has 90 valence electrons. The SMILES string of the molecule is COc1cc(C#N)ccc1[C@H]1CCc2cncn21. The van der Waals surface area contributed by atoms with Gasteiger partial charge in [-0.05, 0) is 25.0 Å². The maximum atomic E-state index is 8.92. The predicted molar refractivity (Wildman–Crippen MR) is 66.4 cm³/mol. The molecule has 3 rings (SSSR count). The van der Waals surface area contributed by atoms with Gasteiger partial charge in [0.15, 0.2) is 0 Å². The lowest BCUT2D eigenvalue weighted by atomic mass is 10.0. The second-order valence-electron chi connectivity index (χ2n) is 4.42. The number of hydrogen-bond acceptors (Lipinski definition) is 3. The molecule has 4 nitrogen and oxygen atoms in total. The van der Waals surface area contributed by atoms with Crippen molar-refractivity contribution in [1.82, 2.24) is 9.55 Å². The van der Waals surface area contributed by atoms with Crippen molar-refractivity contribution in [3.05, 3.63) is 47.5 Å². The Morgan fingerprint density at radius 2 is 2.39 bits per heavy atom. The van der Waals surface area contributed by atoms with E-state index in [0.717, 1.165) is 24.2 Å². The van der Waals surface area contributed by atoms with E-state index in [1.165, 1.54) is 5.69 Å². The molecule has 0 saturated heterocycles. The molecule has 1 atom stereocenters. The molecule has 1 aromatic carbocycles. The zero-order valence-corrected chi connectivity index (χ0v) is 10.1. The Kier molecular flexibility index (Phi) is 2.52. The molecule has 2 aromatic rings. The van der Waals surface area contributed by atoms with E-state index in [4.69, 9.17) is 10.00 Å². The van der Waals surface area contributed by atoms with Crippen LogP contribution in [0.2, 0.25) is 0 Å². The maximum Gasteiger partial charge on any atom is 0.125 e. The molecule has 0 spiro atoms. The first-order valence-electron chi connectivity index (χ1n) is 5.92. The molecule has 0 fully saturated rings. The Morgan fingerprint density at radius 3 is 3.17 bits per heavy atom. The minimum Gasteiger partial charge on any atom is -0.496 e. The number of ether oxygens (including phenoxy) is 1. The summed E-state index contributed by atoms with van der Waals surface area (Å²) in [5, 5.41) is 8.92. The van der Waals surface area contributed by atoms with Gasteiger partial charge in [0.05, 0.1) is 31.1 Å². The van der Waals surface area contributed by atoms with Crippen molar-refractivity contribution in [1.29, 1.82) is 5.26 Å². The summed E-state index contributed by atoms with van der Waals surface area (Å²) >= 11 is 0. The zero-order valence-electron chi connectivity index (χ0n) is 10.1. The average Bonchev–Trinajstić information content (AvgIpc) is 3.00. The van der Waals surface area contributed by atoms with Gasteiger partial charge < -0.3 is 9.30 Å². The molecule has 0 saturated carbocycles. The summed E-state index contributed by atoms with van der Waals surface area (Å²) in [6.45, 7) is 0. The number of aromatic nitrogens is 2. The molecular weight excluding hydrogens is 226 g/mol. The van der Waals surface area contributed by atoms with Gasteiger partial charge in [0.2, 0.25) is 0 Å². The van der Waals surface area contributed by atoms with Gasteiger partial charge in [-0.15, -0.1) is 0 Å². The molecule has 1 aliphatic rings. The topological polar surface area (TPSA) is 50.8 Å². The maximum absolute atomic E-state index is 8.92. The number of rotatable bonds is 2. The third-order valence-electron chi connectivity index (χ3n) is 3.48. The lowest BCUT2D eigenvalue weighted by molar-refractivity contribution is 0.402. The summed E-state index contributed by atoms with van der Waals surface area (Å²) in [5.41, 5.74) is 3.00. The minimum absolute atomic E-state index is 0.269. The molecule has 0 radical (unpaired) electrons. The second kappa shape index (κ2) is 4.19. The van der Waals surface area contributed by atoms with Crippen molar-refractivity contribution in [3.8, 4) is 11.8 Å². The Balaban J connectivity index is 2.06. The summed E-state index contributed by atoms with van der Waals surface area (Å²) in [6, 6.07) is 8.02. The van der Waals surface area contributed by atoms with Crippen LogP contribution in [0, 0.1) is 11.3 Å². The van der Waals surface area contributed by atoms with Crippen molar-refractivity contribution in [3.63, 3.8) is 0 Å². The smallest absolute Gasteiger partial charge is 0.125 e. The van der Waals surface area contributed by atoms with Crippen molar-refractivity contribution in [2.75, 3.05) is 7.11 Å². The number of aryl methyl sites for hydroxylation is 1. The summed E-state index contributed by atoms with van der Waals surface area (Å²) in [5.74, 6) is 0.778. The van der Waals surface area contributed by atoms with Crippen LogP contribution in [0.3, 0.4) is 0 Å². The van der Waals surface area contributed by atoms with Gasteiger partial charge in [-0.2, -0.15) is 5.26 Å². The first-order chi connectivity index (χ1) is 8.83. The number of hydrogen-bond donors (Lipinski definition) is 0. The van der Waals surface area contributed by atoms with Gasteiger partial charge in [-0.25, -0.2) is 4.98 Å². The summed E-state index contributed by atoms with van der Waals surface area (Å²) in [7, 11) is 1.64. The number of fused-ring (bicyclic) bond motifs is 1. The van der Waals surface area contributed by atoms with E-state index in [9.17, 15) is 0 Å². The molecule has 0 bridgehead atoms. The molecule has 4 heteroatoms. The third-order valence-corrected chi connectivity index (χ3v) is 3.48. The average molecular weight is 239 g/mol. The first kappa shape index (κ1) is 10.8. The van der Waals surface area contributed by atoms with E-state index in [0.29, 0.717) is 5.56 Å². The van der Waals surface area contributed by atoms with Gasteiger partial charge in [-0.3, -0.25) is 0 Å². The summed E-state index contributed by atoms with van der Waals surface area (Å²) < 4.78 is 7.59. The summed E-state index contributed by atoms with van der Waals surface area (Å²) in [4.78, 5) is 4.18. The number of nitriles is 1. The Morgan fingerprint density at radius 1 is 1.50 bits per heavy atom. The van der Waals surface area contributed by atoms with Crippen LogP contribution in [-0.4, -0.2) is 16.7 Å². The van der Waals surface area contributed by atoms with Gasteiger partial charge in [0.1, 0.15) is 5.75 Å². The van der Waals surface area contributed by atoms with E-state index in [-0.39, 0.29) is 6.04 Å². The van der Waals surface area contributed by atoms with Gasteiger partial charge in [0, 0.05) is 17.5 Å². The van der Waals surface area contributed by atoms with E-state index in [1.54, 1.807) is 13.2 Å². The zero-order chi connectivity index (χ0) is 12.5. The second-order valence-corrected chi connectivity index (χ2v) is 4.42. The Bertz CT molecular complexity index is 624. The van der Waals surface area contributed by atoms with Crippen LogP contribution in [0.4, 0.5) is 0 Å². The molecule has 0 unspecified atom stereocenters. The molecule has 0 N–H and O–H groups in total. The molecular formula is C14H13N3O. The van der Waals surface area contributed by atoms with Crippen molar-refractivity contribution in [2.24, 2.45) is 0 Å². The van der Waals surface area contributed by atoms with Crippen molar-refractivity contribution < 1.29 is 4.74 Å². The highest BCUT2D eigenvalue weighted by Gasteiger charge is 2.25. The number of benzene rings is 1. The monoisotopic (exact) mass is 239 g/mol. The number of nitrogens with zero attached hydrogens (tertiary/aromatic N) is 3. The third kappa shape index (κ3) is 1.56. The standard InChI is InChI=1S/C14H13N3O/c1-18-14-6-10(7-15)2-4-12(14)13-5-3-11-8-16-9-17(11)13/h2,4,6,8-9,13H,3,5H2,1H3/t13-/m1/s1. The molecule has 0 aliphatic carbocycles. The summed E-state index contributed by atoms with van der Waals surface area (Å²) in [6.07, 6.45) is 5.87. The first-order valence-corrected chi connectivity index (χ1v) is 5.92. The fourth-order valence-corrected chi connectivity index (χ4v) is 2.59. The van der Waals surface area contributed by atoms with Crippen molar-refractivity contribution in [2.45, 2.75) is 18.9 Å². The number of methoxy groups -OCH3 is 1. The minimum atomic E-state index is 0.269. The van der Waals surface area contributed by atoms with Crippen LogP contribution in [0.15, 0.2) is 30.7 Å². The van der Waals surface area contributed by atoms with Crippen molar-refractivity contribution >= 4 is 0 Å². The molecule has 1 aliphatic heterocycles. The predicted octanol–water partition coefficient (Wildman–Crippen LogP) is 2.30. The van der Waals surface area contributed by atoms with Crippen LogP contribution in [0.5, 0.6) is 5.75 Å². The number of imidazole rings is 1. The van der Waals surface area contributed by atoms with E-state index < -0.39 is 0 Å². The highest BCUT2D eigenvalue weighted by Crippen LogP contribution is 2.36. The molecule has 2 heterocycles. The quantitative estimate of drug-likeness (QED) is 0.808. The van der Waals surface area contributed by atoms with E-state index >= 15 is 0 Å². The molecule has 1 aromatic heterocycles. The van der Waals surface area contributed by atoms with Gasteiger partial charge >= 0.3 is 0 Å². The molecule has 18 heavy (non-hydrogen) atoms. The fourth-order valence-electron chi connectivity index (χ4n) is 2.59. The molecule has 0 amide bonds. The lowest BCUT2D eigenvalue weighted by Crippen LogP contribution is -2.06. The van der Waals surface area contributed by atoms with Crippen LogP contribution in [-0.2, 0) is 6.42 Å². The highest BCUT2D eigenvalue weighted by molar-refractivity contribution is 5.45. The fraction of sp³-hybridized carbons (Fsp3) is 0.286. The highest BCUT2D eigenvalue weighted by atomic mass is 16.5. The Hall–Kier alpha value is -2.28. The van der Waals surface area contributed by atoms with Crippen LogP contribution in [0.25, 0.3) is 0 Å². The van der Waals surface area contributed by atoms with Crippen LogP contribution < -0.4 is 4.74 Å². The van der Waals surface area contributed by atoms with Gasteiger partial charge in [0.25, 0.3) is 0 Å². The van der Waals surface area contributed by atoms with Crippen LogP contribution >= 0.6 is 0 Å². The van der Waals surface area contributed by atoms with E-state index in [2.05, 4.69) is 15.6 Å². The Labute approximate surface area is 105 Å². The van der Waals surface area contributed by atoms with Crippen LogP contribution in [0.1, 0.15) is 29.3 Å². The largest absolute Gasteiger partial charge is 0.496 e. The lowest BCUT2D eigenvalue weighted by Gasteiger charge is -2.17. The van der Waals surface area contributed by atoms with Gasteiger partial charge in [-0.1, -0.05) is 6.07 Å². The normalized spacial score (nSPS) is 17.2. The van der Waals surface area contributed by atoms with E-state index in [1.807, 2.05) is 24.7 Å².